The molecule has 0 spiro atoms. The minimum absolute atomic E-state index is 0.170. The third kappa shape index (κ3) is 3.64. The van der Waals surface area contributed by atoms with Gasteiger partial charge >= 0.3 is 7.32 Å². The molecule has 1 rings (SSSR count). The SMILES string of the molecule is CC1CC(C)(C)OB(OCCN)O1. The van der Waals surface area contributed by atoms with Crippen LogP contribution in [0.2, 0.25) is 0 Å². The standard InChI is InChI=1S/C8H18BNO3/c1-7-6-8(2,3)13-9(12-7)11-5-4-10/h7H,4-6,10H2,1-3H3. The molecule has 0 amide bonds. The van der Waals surface area contributed by atoms with E-state index in [1.54, 1.807) is 0 Å². The van der Waals surface area contributed by atoms with E-state index in [0.717, 1.165) is 6.42 Å². The number of nitrogens with two attached hydrogens (primary N) is 1. The third-order valence-electron chi connectivity index (χ3n) is 1.91. The van der Waals surface area contributed by atoms with Gasteiger partial charge in [0.05, 0.1) is 5.60 Å². The lowest BCUT2D eigenvalue weighted by molar-refractivity contribution is -0.0682. The van der Waals surface area contributed by atoms with E-state index < -0.39 is 7.32 Å². The lowest BCUT2D eigenvalue weighted by atomic mass is 9.95. The lowest BCUT2D eigenvalue weighted by Gasteiger charge is -2.37. The van der Waals surface area contributed by atoms with Gasteiger partial charge in [-0.15, -0.1) is 0 Å². The molecule has 2 N–H and O–H groups in total. The Morgan fingerprint density at radius 1 is 1.62 bits per heavy atom. The van der Waals surface area contributed by atoms with Crippen LogP contribution in [0.4, 0.5) is 0 Å². The molecule has 1 atom stereocenters. The molecular formula is C8H18BNO3. The van der Waals surface area contributed by atoms with Gasteiger partial charge in [-0.05, 0) is 27.2 Å². The van der Waals surface area contributed by atoms with Crippen LogP contribution in [0, 0.1) is 0 Å². The van der Waals surface area contributed by atoms with Gasteiger partial charge in [0, 0.05) is 19.3 Å². The largest absolute Gasteiger partial charge is 0.640 e. The minimum Gasteiger partial charge on any atom is -0.385 e. The fourth-order valence-corrected chi connectivity index (χ4v) is 1.50. The molecule has 0 saturated carbocycles. The van der Waals surface area contributed by atoms with Crippen LogP contribution in [0.3, 0.4) is 0 Å². The molecular weight excluding hydrogens is 169 g/mol. The predicted octanol–water partition coefficient (Wildman–Crippen LogP) is 0.551. The zero-order valence-corrected chi connectivity index (χ0v) is 8.58. The molecule has 1 aliphatic heterocycles. The number of hydrogen-bond acceptors (Lipinski definition) is 4. The molecule has 1 unspecified atom stereocenters. The van der Waals surface area contributed by atoms with Crippen LogP contribution in [0.15, 0.2) is 0 Å². The van der Waals surface area contributed by atoms with Gasteiger partial charge in [0.2, 0.25) is 0 Å². The van der Waals surface area contributed by atoms with Crippen LogP contribution in [0.5, 0.6) is 0 Å². The van der Waals surface area contributed by atoms with Gasteiger partial charge in [0.25, 0.3) is 0 Å². The van der Waals surface area contributed by atoms with Crippen LogP contribution in [0.1, 0.15) is 27.2 Å². The van der Waals surface area contributed by atoms with E-state index in [1.165, 1.54) is 0 Å². The van der Waals surface area contributed by atoms with Crippen molar-refractivity contribution in [3.05, 3.63) is 0 Å². The highest BCUT2D eigenvalue weighted by Gasteiger charge is 2.38. The van der Waals surface area contributed by atoms with Crippen molar-refractivity contribution in [1.29, 1.82) is 0 Å². The van der Waals surface area contributed by atoms with Gasteiger partial charge in [-0.3, -0.25) is 0 Å². The second kappa shape index (κ2) is 4.42. The first-order valence-corrected chi connectivity index (χ1v) is 4.68. The minimum atomic E-state index is -0.553. The van der Waals surface area contributed by atoms with E-state index in [9.17, 15) is 0 Å². The number of hydrogen-bond donors (Lipinski definition) is 1. The molecule has 0 aromatic rings. The van der Waals surface area contributed by atoms with E-state index in [1.807, 2.05) is 20.8 Å². The van der Waals surface area contributed by atoms with E-state index in [4.69, 9.17) is 19.7 Å². The van der Waals surface area contributed by atoms with E-state index in [2.05, 4.69) is 0 Å². The van der Waals surface area contributed by atoms with Crippen molar-refractivity contribution >= 4 is 7.32 Å². The highest BCUT2D eigenvalue weighted by atomic mass is 16.7. The van der Waals surface area contributed by atoms with Gasteiger partial charge in [-0.1, -0.05) is 0 Å². The van der Waals surface area contributed by atoms with Crippen molar-refractivity contribution in [2.24, 2.45) is 5.73 Å². The monoisotopic (exact) mass is 187 g/mol. The molecule has 5 heteroatoms. The van der Waals surface area contributed by atoms with Crippen LogP contribution in [0.25, 0.3) is 0 Å². The average Bonchev–Trinajstić information content (AvgIpc) is 1.97. The molecule has 0 aromatic carbocycles. The highest BCUT2D eigenvalue weighted by molar-refractivity contribution is 6.36. The maximum atomic E-state index is 5.55. The fourth-order valence-electron chi connectivity index (χ4n) is 1.50. The Bertz CT molecular complexity index is 165. The maximum Gasteiger partial charge on any atom is 0.640 e. The third-order valence-corrected chi connectivity index (χ3v) is 1.91. The van der Waals surface area contributed by atoms with Gasteiger partial charge < -0.3 is 19.7 Å². The normalized spacial score (nSPS) is 27.7. The zero-order chi connectivity index (χ0) is 9.90. The summed E-state index contributed by atoms with van der Waals surface area (Å²) in [7, 11) is -0.553. The van der Waals surface area contributed by atoms with Crippen LogP contribution in [-0.2, 0) is 14.0 Å². The Balaban J connectivity index is 2.38. The second-order valence-electron chi connectivity index (χ2n) is 3.98. The van der Waals surface area contributed by atoms with Crippen LogP contribution < -0.4 is 5.73 Å². The molecule has 0 radical (unpaired) electrons. The average molecular weight is 187 g/mol. The quantitative estimate of drug-likeness (QED) is 0.655. The Morgan fingerprint density at radius 3 is 2.85 bits per heavy atom. The molecule has 0 bridgehead atoms. The van der Waals surface area contributed by atoms with Gasteiger partial charge in [0.15, 0.2) is 0 Å². The summed E-state index contributed by atoms with van der Waals surface area (Å²) in [5.41, 5.74) is 5.14. The van der Waals surface area contributed by atoms with E-state index in [0.29, 0.717) is 13.2 Å². The summed E-state index contributed by atoms with van der Waals surface area (Å²) < 4.78 is 16.2. The molecule has 1 aliphatic rings. The zero-order valence-electron chi connectivity index (χ0n) is 8.58. The summed E-state index contributed by atoms with van der Waals surface area (Å²) in [5.74, 6) is 0. The smallest absolute Gasteiger partial charge is 0.385 e. The van der Waals surface area contributed by atoms with Gasteiger partial charge in [0.1, 0.15) is 0 Å². The van der Waals surface area contributed by atoms with Crippen molar-refractivity contribution in [3.8, 4) is 0 Å². The molecule has 1 saturated heterocycles. The molecule has 0 aromatic heterocycles. The van der Waals surface area contributed by atoms with E-state index in [-0.39, 0.29) is 11.7 Å². The Morgan fingerprint density at radius 2 is 2.31 bits per heavy atom. The maximum absolute atomic E-state index is 5.55. The molecule has 1 heterocycles. The predicted molar refractivity (Wildman–Crippen MR) is 51.1 cm³/mol. The summed E-state index contributed by atoms with van der Waals surface area (Å²) in [4.78, 5) is 0. The summed E-state index contributed by atoms with van der Waals surface area (Å²) in [6, 6.07) is 0. The van der Waals surface area contributed by atoms with Gasteiger partial charge in [-0.2, -0.15) is 0 Å². The van der Waals surface area contributed by atoms with Crippen molar-refractivity contribution in [3.63, 3.8) is 0 Å². The molecule has 1 fully saturated rings. The van der Waals surface area contributed by atoms with Crippen LogP contribution >= 0.6 is 0 Å². The van der Waals surface area contributed by atoms with Crippen molar-refractivity contribution in [2.45, 2.75) is 38.9 Å². The number of rotatable bonds is 3. The summed E-state index contributed by atoms with van der Waals surface area (Å²) >= 11 is 0. The van der Waals surface area contributed by atoms with Crippen molar-refractivity contribution in [1.82, 2.24) is 0 Å². The Kier molecular flexibility index (Phi) is 3.73. The summed E-state index contributed by atoms with van der Waals surface area (Å²) in [6.45, 7) is 7.03. The second-order valence-corrected chi connectivity index (χ2v) is 3.98. The van der Waals surface area contributed by atoms with Crippen LogP contribution in [-0.4, -0.2) is 32.2 Å². The van der Waals surface area contributed by atoms with Gasteiger partial charge in [-0.25, -0.2) is 0 Å². The lowest BCUT2D eigenvalue weighted by Crippen LogP contribution is -2.47. The molecule has 13 heavy (non-hydrogen) atoms. The van der Waals surface area contributed by atoms with Crippen molar-refractivity contribution < 1.29 is 14.0 Å². The first-order chi connectivity index (χ1) is 6.03. The highest BCUT2D eigenvalue weighted by Crippen LogP contribution is 2.25. The molecule has 4 nitrogen and oxygen atoms in total. The molecule has 76 valence electrons. The van der Waals surface area contributed by atoms with E-state index >= 15 is 0 Å². The molecule has 0 aliphatic carbocycles. The summed E-state index contributed by atoms with van der Waals surface area (Å²) in [6.07, 6.45) is 1.06. The summed E-state index contributed by atoms with van der Waals surface area (Å²) in [5, 5.41) is 0. The topological polar surface area (TPSA) is 53.7 Å². The fraction of sp³-hybridized carbons (Fsp3) is 1.00. The Hall–Kier alpha value is -0.0951. The first-order valence-electron chi connectivity index (χ1n) is 4.68. The van der Waals surface area contributed by atoms with Crippen molar-refractivity contribution in [2.75, 3.05) is 13.2 Å². The first kappa shape index (κ1) is 11.0. The Labute approximate surface area is 79.9 Å².